The van der Waals surface area contributed by atoms with Gasteiger partial charge in [-0.3, -0.25) is 4.79 Å². The van der Waals surface area contributed by atoms with Gasteiger partial charge in [0.15, 0.2) is 11.0 Å². The third-order valence-corrected chi connectivity index (χ3v) is 8.75. The number of esters is 1. The van der Waals surface area contributed by atoms with Gasteiger partial charge in [0.2, 0.25) is 5.91 Å². The highest BCUT2D eigenvalue weighted by molar-refractivity contribution is 7.99. The lowest BCUT2D eigenvalue weighted by Gasteiger charge is -2.11. The van der Waals surface area contributed by atoms with E-state index in [-0.39, 0.29) is 17.6 Å². The van der Waals surface area contributed by atoms with Crippen LogP contribution in [0.4, 0.5) is 5.00 Å². The SMILES string of the molecule is COC(=O)c1c(NC(=O)CSc2nnc(-c3csc(C)c3C)n2C)sc2c1CCCC2. The third kappa shape index (κ3) is 4.28. The zero-order valence-corrected chi connectivity index (χ0v) is 20.4. The van der Waals surface area contributed by atoms with Crippen LogP contribution in [0.2, 0.25) is 0 Å². The Kier molecular flexibility index (Phi) is 6.49. The number of thiophene rings is 2. The number of nitrogens with zero attached hydrogens (tertiary/aromatic N) is 3. The molecule has 0 unspecified atom stereocenters. The maximum absolute atomic E-state index is 12.7. The van der Waals surface area contributed by atoms with Crippen LogP contribution in [0, 0.1) is 13.8 Å². The molecule has 3 aromatic rings. The average molecular weight is 477 g/mol. The maximum atomic E-state index is 12.7. The standard InChI is InChI=1S/C21H24N4O3S3/c1-11-12(2)29-9-14(11)18-23-24-21(25(18)3)30-10-16(26)22-19-17(20(27)28-4)13-7-5-6-8-15(13)31-19/h9H,5-8,10H2,1-4H3,(H,22,26). The number of hydrogen-bond acceptors (Lipinski definition) is 8. The molecule has 1 aliphatic rings. The number of carbonyl (C=O) groups is 2. The average Bonchev–Trinajstić information content (AvgIpc) is 3.41. The van der Waals surface area contributed by atoms with E-state index in [4.69, 9.17) is 4.74 Å². The highest BCUT2D eigenvalue weighted by Gasteiger charge is 2.27. The fraction of sp³-hybridized carbons (Fsp3) is 0.429. The van der Waals surface area contributed by atoms with Crippen molar-refractivity contribution in [1.29, 1.82) is 0 Å². The van der Waals surface area contributed by atoms with Gasteiger partial charge in [-0.25, -0.2) is 4.79 Å². The summed E-state index contributed by atoms with van der Waals surface area (Å²) in [5.41, 5.74) is 3.82. The molecule has 1 amide bonds. The van der Waals surface area contributed by atoms with Crippen LogP contribution in [0.25, 0.3) is 11.4 Å². The number of ether oxygens (including phenoxy) is 1. The van der Waals surface area contributed by atoms with E-state index in [1.165, 1.54) is 45.5 Å². The Morgan fingerprint density at radius 3 is 2.74 bits per heavy atom. The fourth-order valence-electron chi connectivity index (χ4n) is 3.67. The highest BCUT2D eigenvalue weighted by atomic mass is 32.2. The van der Waals surface area contributed by atoms with Gasteiger partial charge in [-0.1, -0.05) is 11.8 Å². The van der Waals surface area contributed by atoms with Crippen molar-refractivity contribution in [2.75, 3.05) is 18.2 Å². The highest BCUT2D eigenvalue weighted by Crippen LogP contribution is 2.38. The second kappa shape index (κ2) is 9.13. The number of carbonyl (C=O) groups excluding carboxylic acids is 2. The monoisotopic (exact) mass is 476 g/mol. The molecule has 0 saturated carbocycles. The van der Waals surface area contributed by atoms with Crippen molar-refractivity contribution in [1.82, 2.24) is 14.8 Å². The first-order valence-electron chi connectivity index (χ1n) is 10.0. The topological polar surface area (TPSA) is 86.1 Å². The molecule has 0 aliphatic heterocycles. The number of fused-ring (bicyclic) bond motifs is 1. The summed E-state index contributed by atoms with van der Waals surface area (Å²) in [5, 5.41) is 14.9. The Morgan fingerprint density at radius 1 is 1.26 bits per heavy atom. The van der Waals surface area contributed by atoms with Crippen molar-refractivity contribution < 1.29 is 14.3 Å². The number of anilines is 1. The van der Waals surface area contributed by atoms with Crippen molar-refractivity contribution in [3.05, 3.63) is 31.8 Å². The van der Waals surface area contributed by atoms with Crippen LogP contribution in [0.1, 0.15) is 44.1 Å². The summed E-state index contributed by atoms with van der Waals surface area (Å²) < 4.78 is 6.89. The Bertz CT molecular complexity index is 1150. The lowest BCUT2D eigenvalue weighted by Crippen LogP contribution is -2.17. The molecular weight excluding hydrogens is 452 g/mol. The predicted octanol–water partition coefficient (Wildman–Crippen LogP) is 4.62. The number of amides is 1. The van der Waals surface area contributed by atoms with Crippen molar-refractivity contribution in [2.45, 2.75) is 44.7 Å². The normalized spacial score (nSPS) is 13.2. The molecule has 0 aromatic carbocycles. The molecule has 0 saturated heterocycles. The molecule has 4 rings (SSSR count). The lowest BCUT2D eigenvalue weighted by atomic mass is 9.95. The van der Waals surface area contributed by atoms with Crippen LogP contribution >= 0.6 is 34.4 Å². The Labute approximate surface area is 193 Å². The van der Waals surface area contributed by atoms with E-state index in [0.29, 0.717) is 15.7 Å². The van der Waals surface area contributed by atoms with Crippen molar-refractivity contribution in [3.8, 4) is 11.4 Å². The number of nitrogens with one attached hydrogen (secondary N) is 1. The molecule has 1 N–H and O–H groups in total. The van der Waals surface area contributed by atoms with Crippen LogP contribution in [0.5, 0.6) is 0 Å². The van der Waals surface area contributed by atoms with Gasteiger partial charge in [-0.05, 0) is 50.7 Å². The van der Waals surface area contributed by atoms with Crippen LogP contribution in [-0.2, 0) is 29.4 Å². The molecular formula is C21H24N4O3S3. The zero-order valence-electron chi connectivity index (χ0n) is 17.9. The van der Waals surface area contributed by atoms with E-state index in [1.807, 2.05) is 11.6 Å². The third-order valence-electron chi connectivity index (χ3n) is 5.51. The minimum atomic E-state index is -0.387. The Balaban J connectivity index is 1.47. The van der Waals surface area contributed by atoms with Crippen LogP contribution in [-0.4, -0.2) is 39.5 Å². The van der Waals surface area contributed by atoms with Crippen LogP contribution in [0.3, 0.4) is 0 Å². The quantitative estimate of drug-likeness (QED) is 0.413. The molecule has 7 nitrogen and oxygen atoms in total. The van der Waals surface area contributed by atoms with E-state index in [2.05, 4.69) is 34.7 Å². The Morgan fingerprint density at radius 2 is 2.03 bits per heavy atom. The van der Waals surface area contributed by atoms with E-state index < -0.39 is 0 Å². The molecule has 0 bridgehead atoms. The molecule has 0 radical (unpaired) electrons. The molecule has 0 fully saturated rings. The lowest BCUT2D eigenvalue weighted by molar-refractivity contribution is -0.113. The smallest absolute Gasteiger partial charge is 0.341 e. The first-order chi connectivity index (χ1) is 14.9. The van der Waals surface area contributed by atoms with Gasteiger partial charge in [-0.2, -0.15) is 0 Å². The molecule has 31 heavy (non-hydrogen) atoms. The first kappa shape index (κ1) is 22.0. The molecule has 10 heteroatoms. The molecule has 3 aromatic heterocycles. The van der Waals surface area contributed by atoms with Gasteiger partial charge < -0.3 is 14.6 Å². The van der Waals surface area contributed by atoms with E-state index in [0.717, 1.165) is 42.6 Å². The zero-order chi connectivity index (χ0) is 22.1. The van der Waals surface area contributed by atoms with Gasteiger partial charge in [0, 0.05) is 27.7 Å². The van der Waals surface area contributed by atoms with Crippen molar-refractivity contribution in [2.24, 2.45) is 7.05 Å². The second-order valence-electron chi connectivity index (χ2n) is 7.44. The van der Waals surface area contributed by atoms with Gasteiger partial charge >= 0.3 is 5.97 Å². The molecule has 164 valence electrons. The van der Waals surface area contributed by atoms with Gasteiger partial charge in [-0.15, -0.1) is 32.9 Å². The van der Waals surface area contributed by atoms with E-state index >= 15 is 0 Å². The number of methoxy groups -OCH3 is 1. The van der Waals surface area contributed by atoms with E-state index in [1.54, 1.807) is 11.3 Å². The molecule has 0 spiro atoms. The van der Waals surface area contributed by atoms with Crippen LogP contribution < -0.4 is 5.32 Å². The van der Waals surface area contributed by atoms with Gasteiger partial charge in [0.25, 0.3) is 0 Å². The summed E-state index contributed by atoms with van der Waals surface area (Å²) in [4.78, 5) is 27.5. The number of rotatable bonds is 6. The minimum absolute atomic E-state index is 0.177. The second-order valence-corrected chi connectivity index (χ2v) is 10.6. The molecule has 1 aliphatic carbocycles. The molecule has 0 atom stereocenters. The predicted molar refractivity (Wildman–Crippen MR) is 125 cm³/mol. The number of aryl methyl sites for hydroxylation is 2. The number of thioether (sulfide) groups is 1. The van der Waals surface area contributed by atoms with Crippen LogP contribution in [0.15, 0.2) is 10.5 Å². The summed E-state index contributed by atoms with van der Waals surface area (Å²) in [6.07, 6.45) is 3.95. The molecule has 3 heterocycles. The largest absolute Gasteiger partial charge is 0.465 e. The van der Waals surface area contributed by atoms with Gasteiger partial charge in [0.1, 0.15) is 5.00 Å². The summed E-state index contributed by atoms with van der Waals surface area (Å²) >= 11 is 4.51. The maximum Gasteiger partial charge on any atom is 0.341 e. The number of aromatic nitrogens is 3. The first-order valence-corrected chi connectivity index (χ1v) is 12.7. The Hall–Kier alpha value is -2.17. The van der Waals surface area contributed by atoms with Crippen molar-refractivity contribution in [3.63, 3.8) is 0 Å². The summed E-state index contributed by atoms with van der Waals surface area (Å²) in [6.45, 7) is 4.17. The number of hydrogen-bond donors (Lipinski definition) is 1. The van der Waals surface area contributed by atoms with Gasteiger partial charge in [0.05, 0.1) is 18.4 Å². The minimum Gasteiger partial charge on any atom is -0.465 e. The van der Waals surface area contributed by atoms with Crippen molar-refractivity contribution >= 4 is 51.3 Å². The summed E-state index contributed by atoms with van der Waals surface area (Å²) in [7, 11) is 3.28. The summed E-state index contributed by atoms with van der Waals surface area (Å²) in [6, 6.07) is 0. The van der Waals surface area contributed by atoms with E-state index in [9.17, 15) is 9.59 Å². The summed E-state index contributed by atoms with van der Waals surface area (Å²) in [5.74, 6) is 0.405. The fourth-order valence-corrected chi connectivity index (χ4v) is 6.54.